The van der Waals surface area contributed by atoms with Crippen LogP contribution in [-0.4, -0.2) is 24.1 Å². The monoisotopic (exact) mass is 321 g/mol. The zero-order chi connectivity index (χ0) is 17.1. The molecule has 3 aromatic carbocycles. The van der Waals surface area contributed by atoms with Gasteiger partial charge in [0.25, 0.3) is 5.91 Å². The maximum absolute atomic E-state index is 12.7. The third-order valence-corrected chi connectivity index (χ3v) is 3.69. The lowest BCUT2D eigenvalue weighted by Crippen LogP contribution is -2.15. The van der Waals surface area contributed by atoms with Gasteiger partial charge in [-0.2, -0.15) is 0 Å². The number of fused-ring (bicyclic) bond motifs is 1. The molecule has 5 nitrogen and oxygen atoms in total. The number of methoxy groups -OCH3 is 1. The van der Waals surface area contributed by atoms with Crippen LogP contribution in [-0.2, 0) is 4.74 Å². The maximum Gasteiger partial charge on any atom is 0.339 e. The number of phenols is 1. The van der Waals surface area contributed by atoms with Crippen molar-refractivity contribution in [1.29, 1.82) is 0 Å². The highest BCUT2D eigenvalue weighted by atomic mass is 16.5. The van der Waals surface area contributed by atoms with Gasteiger partial charge < -0.3 is 15.2 Å². The van der Waals surface area contributed by atoms with Crippen LogP contribution in [0.1, 0.15) is 20.7 Å². The van der Waals surface area contributed by atoms with Crippen molar-refractivity contribution in [1.82, 2.24) is 0 Å². The Kier molecular flexibility index (Phi) is 4.16. The summed E-state index contributed by atoms with van der Waals surface area (Å²) in [6.45, 7) is 0. The smallest absolute Gasteiger partial charge is 0.339 e. The molecule has 120 valence electrons. The van der Waals surface area contributed by atoms with E-state index in [-0.39, 0.29) is 22.9 Å². The van der Waals surface area contributed by atoms with Crippen molar-refractivity contribution in [2.24, 2.45) is 0 Å². The predicted molar refractivity (Wildman–Crippen MR) is 91.3 cm³/mol. The molecule has 3 aromatic rings. The Morgan fingerprint density at radius 2 is 1.71 bits per heavy atom. The third kappa shape index (κ3) is 2.92. The van der Waals surface area contributed by atoms with Gasteiger partial charge in [-0.3, -0.25) is 4.79 Å². The van der Waals surface area contributed by atoms with Crippen molar-refractivity contribution in [3.05, 3.63) is 71.8 Å². The number of hydrogen-bond acceptors (Lipinski definition) is 4. The van der Waals surface area contributed by atoms with E-state index in [0.717, 1.165) is 10.8 Å². The molecule has 0 unspecified atom stereocenters. The number of amides is 1. The van der Waals surface area contributed by atoms with Crippen molar-refractivity contribution in [2.45, 2.75) is 0 Å². The fraction of sp³-hybridized carbons (Fsp3) is 0.0526. The molecule has 0 aliphatic heterocycles. The summed E-state index contributed by atoms with van der Waals surface area (Å²) >= 11 is 0. The summed E-state index contributed by atoms with van der Waals surface area (Å²) in [4.78, 5) is 24.5. The van der Waals surface area contributed by atoms with Crippen LogP contribution in [0, 0.1) is 0 Å². The summed E-state index contributed by atoms with van der Waals surface area (Å²) in [6, 6.07) is 17.0. The van der Waals surface area contributed by atoms with Gasteiger partial charge in [-0.05, 0) is 29.0 Å². The number of anilines is 1. The molecule has 0 heterocycles. The minimum Gasteiger partial charge on any atom is -0.508 e. The van der Waals surface area contributed by atoms with Gasteiger partial charge in [0.2, 0.25) is 0 Å². The molecule has 0 saturated carbocycles. The molecule has 0 spiro atoms. The van der Waals surface area contributed by atoms with Crippen LogP contribution in [0.4, 0.5) is 5.69 Å². The second kappa shape index (κ2) is 6.42. The summed E-state index contributed by atoms with van der Waals surface area (Å²) in [5.41, 5.74) is 0.843. The first kappa shape index (κ1) is 15.6. The van der Waals surface area contributed by atoms with Crippen molar-refractivity contribution in [2.75, 3.05) is 12.4 Å². The number of esters is 1. The van der Waals surface area contributed by atoms with E-state index in [2.05, 4.69) is 5.32 Å². The highest BCUT2D eigenvalue weighted by Crippen LogP contribution is 2.25. The van der Waals surface area contributed by atoms with Crippen LogP contribution in [0.5, 0.6) is 5.75 Å². The van der Waals surface area contributed by atoms with Crippen LogP contribution >= 0.6 is 0 Å². The van der Waals surface area contributed by atoms with E-state index < -0.39 is 5.97 Å². The van der Waals surface area contributed by atoms with Gasteiger partial charge in [0, 0.05) is 11.6 Å². The normalized spacial score (nSPS) is 10.4. The van der Waals surface area contributed by atoms with Gasteiger partial charge in [-0.15, -0.1) is 0 Å². The van der Waals surface area contributed by atoms with Crippen LogP contribution in [0.25, 0.3) is 10.8 Å². The lowest BCUT2D eigenvalue weighted by Gasteiger charge is -2.11. The Labute approximate surface area is 138 Å². The number of carbonyl (C=O) groups is 2. The van der Waals surface area contributed by atoms with Gasteiger partial charge in [0.05, 0.1) is 18.4 Å². The number of nitrogens with one attached hydrogen (secondary N) is 1. The van der Waals surface area contributed by atoms with Crippen molar-refractivity contribution in [3.8, 4) is 5.75 Å². The standard InChI is InChI=1S/C19H15NO4/c1-24-19(23)16-10-9-13(21)11-17(16)20-18(22)15-8-4-6-12-5-2-3-7-14(12)15/h2-11,21H,1H3,(H,20,22). The molecule has 0 bridgehead atoms. The lowest BCUT2D eigenvalue weighted by atomic mass is 10.0. The fourth-order valence-corrected chi connectivity index (χ4v) is 2.54. The van der Waals surface area contributed by atoms with Crippen LogP contribution in [0.3, 0.4) is 0 Å². The van der Waals surface area contributed by atoms with Gasteiger partial charge in [0.15, 0.2) is 0 Å². The minimum atomic E-state index is -0.594. The molecular weight excluding hydrogens is 306 g/mol. The van der Waals surface area contributed by atoms with E-state index in [1.807, 2.05) is 30.3 Å². The van der Waals surface area contributed by atoms with Crippen LogP contribution in [0.15, 0.2) is 60.7 Å². The Balaban J connectivity index is 2.01. The van der Waals surface area contributed by atoms with Crippen LogP contribution in [0.2, 0.25) is 0 Å². The summed E-state index contributed by atoms with van der Waals surface area (Å²) in [7, 11) is 1.26. The number of hydrogen-bond donors (Lipinski definition) is 2. The van der Waals surface area contributed by atoms with E-state index >= 15 is 0 Å². The molecule has 0 fully saturated rings. The average Bonchev–Trinajstić information content (AvgIpc) is 2.60. The first-order chi connectivity index (χ1) is 11.6. The van der Waals surface area contributed by atoms with E-state index in [4.69, 9.17) is 4.74 Å². The number of carbonyl (C=O) groups excluding carboxylic acids is 2. The maximum atomic E-state index is 12.7. The quantitative estimate of drug-likeness (QED) is 0.723. The molecule has 0 radical (unpaired) electrons. The average molecular weight is 321 g/mol. The van der Waals surface area contributed by atoms with E-state index in [1.54, 1.807) is 12.1 Å². The van der Waals surface area contributed by atoms with Crippen LogP contribution < -0.4 is 5.32 Å². The third-order valence-electron chi connectivity index (χ3n) is 3.69. The van der Waals surface area contributed by atoms with Crippen molar-refractivity contribution < 1.29 is 19.4 Å². The molecule has 0 atom stereocenters. The molecule has 0 aromatic heterocycles. The number of benzene rings is 3. The number of rotatable bonds is 3. The Bertz CT molecular complexity index is 928. The predicted octanol–water partition coefficient (Wildman–Crippen LogP) is 3.58. The molecule has 1 amide bonds. The SMILES string of the molecule is COC(=O)c1ccc(O)cc1NC(=O)c1cccc2ccccc12. The highest BCUT2D eigenvalue weighted by Gasteiger charge is 2.16. The molecule has 0 saturated heterocycles. The van der Waals surface area contributed by atoms with Gasteiger partial charge >= 0.3 is 5.97 Å². The van der Waals surface area contributed by atoms with Crippen molar-refractivity contribution in [3.63, 3.8) is 0 Å². The summed E-state index contributed by atoms with van der Waals surface area (Å²) in [5.74, 6) is -1.03. The van der Waals surface area contributed by atoms with E-state index in [1.165, 1.54) is 25.3 Å². The zero-order valence-electron chi connectivity index (χ0n) is 12.9. The number of phenolic OH excluding ortho intramolecular Hbond substituents is 1. The highest BCUT2D eigenvalue weighted by molar-refractivity contribution is 6.14. The molecule has 24 heavy (non-hydrogen) atoms. The molecular formula is C19H15NO4. The largest absolute Gasteiger partial charge is 0.508 e. The first-order valence-corrected chi connectivity index (χ1v) is 7.30. The Morgan fingerprint density at radius 1 is 0.958 bits per heavy atom. The second-order valence-corrected chi connectivity index (χ2v) is 5.20. The second-order valence-electron chi connectivity index (χ2n) is 5.20. The topological polar surface area (TPSA) is 75.6 Å². The number of aromatic hydroxyl groups is 1. The van der Waals surface area contributed by atoms with Gasteiger partial charge in [-0.25, -0.2) is 4.79 Å². The molecule has 5 heteroatoms. The van der Waals surface area contributed by atoms with Gasteiger partial charge in [0.1, 0.15) is 5.75 Å². The molecule has 0 aliphatic carbocycles. The van der Waals surface area contributed by atoms with Crippen molar-refractivity contribution >= 4 is 28.3 Å². The molecule has 0 aliphatic rings. The lowest BCUT2D eigenvalue weighted by molar-refractivity contribution is 0.0602. The number of ether oxygens (including phenoxy) is 1. The molecule has 3 rings (SSSR count). The van der Waals surface area contributed by atoms with E-state index in [9.17, 15) is 14.7 Å². The minimum absolute atomic E-state index is 0.0594. The first-order valence-electron chi connectivity index (χ1n) is 7.30. The van der Waals surface area contributed by atoms with E-state index in [0.29, 0.717) is 5.56 Å². The summed E-state index contributed by atoms with van der Waals surface area (Å²) < 4.78 is 4.70. The zero-order valence-corrected chi connectivity index (χ0v) is 12.9. The Morgan fingerprint density at radius 3 is 2.50 bits per heavy atom. The Hall–Kier alpha value is -3.34. The summed E-state index contributed by atoms with van der Waals surface area (Å²) in [5, 5.41) is 14.1. The summed E-state index contributed by atoms with van der Waals surface area (Å²) in [6.07, 6.45) is 0. The fourth-order valence-electron chi connectivity index (χ4n) is 2.54. The van der Waals surface area contributed by atoms with Gasteiger partial charge in [-0.1, -0.05) is 36.4 Å². The molecule has 2 N–H and O–H groups in total.